The largest absolute Gasteiger partial charge is 0.469 e. The maximum absolute atomic E-state index is 13.2. The van der Waals surface area contributed by atoms with Gasteiger partial charge in [-0.1, -0.05) is 24.8 Å². The summed E-state index contributed by atoms with van der Waals surface area (Å²) in [6.45, 7) is 4.68. The van der Waals surface area contributed by atoms with Crippen LogP contribution >= 0.6 is 11.8 Å². The van der Waals surface area contributed by atoms with E-state index >= 15 is 0 Å². The Balaban J connectivity index is 1.70. The van der Waals surface area contributed by atoms with Gasteiger partial charge < -0.3 is 14.3 Å². The number of halogens is 1. The van der Waals surface area contributed by atoms with Gasteiger partial charge in [0.25, 0.3) is 0 Å². The van der Waals surface area contributed by atoms with Crippen molar-refractivity contribution in [2.45, 2.75) is 32.0 Å². The zero-order valence-corrected chi connectivity index (χ0v) is 15.3. The first-order valence-corrected chi connectivity index (χ1v) is 9.23. The predicted octanol–water partition coefficient (Wildman–Crippen LogP) is 4.13. The number of amides is 1. The Morgan fingerprint density at radius 3 is 2.88 bits per heavy atom. The Bertz CT molecular complexity index is 906. The third-order valence-electron chi connectivity index (χ3n) is 3.70. The summed E-state index contributed by atoms with van der Waals surface area (Å²) < 4.78 is 20.5. The molecule has 3 aromatic rings. The number of aromatic nitrogens is 3. The van der Waals surface area contributed by atoms with Crippen LogP contribution in [0.1, 0.15) is 19.1 Å². The predicted molar refractivity (Wildman–Crippen MR) is 98.5 cm³/mol. The Morgan fingerprint density at radius 2 is 2.19 bits per heavy atom. The minimum Gasteiger partial charge on any atom is -0.469 e. The number of nitrogens with one attached hydrogen (secondary N) is 1. The molecule has 3 rings (SSSR count). The van der Waals surface area contributed by atoms with Gasteiger partial charge in [0.15, 0.2) is 11.0 Å². The van der Waals surface area contributed by atoms with Gasteiger partial charge in [-0.25, -0.2) is 4.39 Å². The van der Waals surface area contributed by atoms with Crippen molar-refractivity contribution in [3.05, 3.63) is 48.2 Å². The third kappa shape index (κ3) is 4.13. The van der Waals surface area contributed by atoms with Crippen LogP contribution in [0, 0.1) is 12.7 Å². The van der Waals surface area contributed by atoms with E-state index in [0.717, 1.165) is 30.1 Å². The molecular formula is C18H19FN4O2S. The number of anilines is 1. The van der Waals surface area contributed by atoms with Crippen LogP contribution in [0.4, 0.5) is 10.1 Å². The smallest absolute Gasteiger partial charge is 0.234 e. The number of carbonyl (C=O) groups excluding carboxylic acids is 1. The summed E-state index contributed by atoms with van der Waals surface area (Å²) in [5, 5.41) is 11.8. The van der Waals surface area contributed by atoms with Gasteiger partial charge >= 0.3 is 0 Å². The Labute approximate surface area is 154 Å². The minimum atomic E-state index is -0.390. The Kier molecular flexibility index (Phi) is 5.72. The minimum absolute atomic E-state index is 0.155. The lowest BCUT2D eigenvalue weighted by molar-refractivity contribution is -0.113. The number of aryl methyl sites for hydroxylation is 1. The second kappa shape index (κ2) is 8.18. The van der Waals surface area contributed by atoms with Crippen LogP contribution in [0.3, 0.4) is 0 Å². The molecule has 0 fully saturated rings. The van der Waals surface area contributed by atoms with E-state index in [4.69, 9.17) is 4.42 Å². The SMILES string of the molecule is CCCn1c(SCC(=O)Nc2cccc(F)c2)nnc1-c1ccoc1C. The van der Waals surface area contributed by atoms with Crippen LogP contribution in [-0.4, -0.2) is 26.4 Å². The number of hydrogen-bond donors (Lipinski definition) is 1. The van der Waals surface area contributed by atoms with E-state index in [9.17, 15) is 9.18 Å². The van der Waals surface area contributed by atoms with Crippen LogP contribution in [0.15, 0.2) is 46.2 Å². The summed E-state index contributed by atoms with van der Waals surface area (Å²) in [6, 6.07) is 7.66. The van der Waals surface area contributed by atoms with E-state index in [0.29, 0.717) is 10.8 Å². The second-order valence-electron chi connectivity index (χ2n) is 5.70. The van der Waals surface area contributed by atoms with Crippen molar-refractivity contribution in [3.63, 3.8) is 0 Å². The standard InChI is InChI=1S/C18H19FN4O2S/c1-3-8-23-17(15-7-9-25-12(15)2)21-22-18(23)26-11-16(24)20-14-6-4-5-13(19)10-14/h4-7,9-10H,3,8,11H2,1-2H3,(H,20,24). The second-order valence-corrected chi connectivity index (χ2v) is 6.64. The molecular weight excluding hydrogens is 355 g/mol. The molecule has 2 heterocycles. The fraction of sp³-hybridized carbons (Fsp3) is 0.278. The normalized spacial score (nSPS) is 10.9. The van der Waals surface area contributed by atoms with E-state index in [-0.39, 0.29) is 11.7 Å². The van der Waals surface area contributed by atoms with Crippen LogP contribution in [0.25, 0.3) is 11.4 Å². The molecule has 136 valence electrons. The summed E-state index contributed by atoms with van der Waals surface area (Å²) >= 11 is 1.30. The van der Waals surface area contributed by atoms with Crippen molar-refractivity contribution in [1.29, 1.82) is 0 Å². The van der Waals surface area contributed by atoms with Gasteiger partial charge in [-0.15, -0.1) is 10.2 Å². The van der Waals surface area contributed by atoms with Crippen molar-refractivity contribution in [1.82, 2.24) is 14.8 Å². The molecule has 0 bridgehead atoms. The van der Waals surface area contributed by atoms with Gasteiger partial charge in [0.05, 0.1) is 17.6 Å². The Morgan fingerprint density at radius 1 is 1.35 bits per heavy atom. The maximum Gasteiger partial charge on any atom is 0.234 e. The first-order valence-electron chi connectivity index (χ1n) is 8.24. The fourth-order valence-corrected chi connectivity index (χ4v) is 3.29. The van der Waals surface area contributed by atoms with E-state index in [1.807, 2.05) is 17.6 Å². The molecule has 2 aromatic heterocycles. The highest BCUT2D eigenvalue weighted by Crippen LogP contribution is 2.27. The summed E-state index contributed by atoms with van der Waals surface area (Å²) in [5.74, 6) is 1.04. The summed E-state index contributed by atoms with van der Waals surface area (Å²) in [7, 11) is 0. The third-order valence-corrected chi connectivity index (χ3v) is 4.67. The number of nitrogens with zero attached hydrogens (tertiary/aromatic N) is 3. The number of furan rings is 1. The number of carbonyl (C=O) groups is 1. The summed E-state index contributed by atoms with van der Waals surface area (Å²) in [5.41, 5.74) is 1.32. The molecule has 6 nitrogen and oxygen atoms in total. The highest BCUT2D eigenvalue weighted by atomic mass is 32.2. The molecule has 1 amide bonds. The highest BCUT2D eigenvalue weighted by molar-refractivity contribution is 7.99. The molecule has 0 aliphatic rings. The average Bonchev–Trinajstić information content (AvgIpc) is 3.19. The molecule has 0 aliphatic heterocycles. The van der Waals surface area contributed by atoms with Gasteiger partial charge in [0, 0.05) is 12.2 Å². The zero-order chi connectivity index (χ0) is 18.5. The lowest BCUT2D eigenvalue weighted by atomic mass is 10.2. The lowest BCUT2D eigenvalue weighted by Crippen LogP contribution is -2.14. The van der Waals surface area contributed by atoms with Gasteiger partial charge in [-0.3, -0.25) is 4.79 Å². The number of rotatable bonds is 7. The van der Waals surface area contributed by atoms with Crippen LogP contribution < -0.4 is 5.32 Å². The molecule has 1 N–H and O–H groups in total. The quantitative estimate of drug-likeness (QED) is 0.630. The lowest BCUT2D eigenvalue weighted by Gasteiger charge is -2.08. The monoisotopic (exact) mass is 374 g/mol. The van der Waals surface area contributed by atoms with E-state index < -0.39 is 5.82 Å². The first-order chi connectivity index (χ1) is 12.6. The summed E-state index contributed by atoms with van der Waals surface area (Å²) in [4.78, 5) is 12.1. The highest BCUT2D eigenvalue weighted by Gasteiger charge is 2.17. The van der Waals surface area contributed by atoms with Gasteiger partial charge in [0.2, 0.25) is 5.91 Å². The molecule has 0 saturated carbocycles. The first kappa shape index (κ1) is 18.2. The van der Waals surface area contributed by atoms with Crippen molar-refractivity contribution in [2.24, 2.45) is 0 Å². The van der Waals surface area contributed by atoms with E-state index in [1.165, 1.54) is 23.9 Å². The van der Waals surface area contributed by atoms with Gasteiger partial charge in [0.1, 0.15) is 11.6 Å². The molecule has 8 heteroatoms. The topological polar surface area (TPSA) is 73.0 Å². The van der Waals surface area contributed by atoms with Crippen molar-refractivity contribution in [3.8, 4) is 11.4 Å². The fourth-order valence-electron chi connectivity index (χ4n) is 2.53. The van der Waals surface area contributed by atoms with E-state index in [2.05, 4.69) is 22.4 Å². The maximum atomic E-state index is 13.2. The molecule has 0 spiro atoms. The van der Waals surface area contributed by atoms with Crippen LogP contribution in [0.5, 0.6) is 0 Å². The molecule has 0 unspecified atom stereocenters. The van der Waals surface area contributed by atoms with Crippen molar-refractivity contribution < 1.29 is 13.6 Å². The van der Waals surface area contributed by atoms with Crippen molar-refractivity contribution in [2.75, 3.05) is 11.1 Å². The van der Waals surface area contributed by atoms with Gasteiger partial charge in [-0.05, 0) is 37.6 Å². The summed E-state index contributed by atoms with van der Waals surface area (Å²) in [6.07, 6.45) is 2.53. The molecule has 1 aromatic carbocycles. The number of hydrogen-bond acceptors (Lipinski definition) is 5. The number of thioether (sulfide) groups is 1. The van der Waals surface area contributed by atoms with E-state index in [1.54, 1.807) is 18.4 Å². The van der Waals surface area contributed by atoms with Crippen LogP contribution in [-0.2, 0) is 11.3 Å². The molecule has 26 heavy (non-hydrogen) atoms. The van der Waals surface area contributed by atoms with Crippen LogP contribution in [0.2, 0.25) is 0 Å². The van der Waals surface area contributed by atoms with Gasteiger partial charge in [-0.2, -0.15) is 0 Å². The average molecular weight is 374 g/mol. The Hall–Kier alpha value is -2.61. The molecule has 0 aliphatic carbocycles. The number of benzene rings is 1. The molecule has 0 saturated heterocycles. The molecule has 0 radical (unpaired) electrons. The van der Waals surface area contributed by atoms with Crippen molar-refractivity contribution >= 4 is 23.4 Å². The zero-order valence-electron chi connectivity index (χ0n) is 14.5. The molecule has 0 atom stereocenters.